The lowest BCUT2D eigenvalue weighted by Gasteiger charge is -2.27. The second kappa shape index (κ2) is 7.12. The van der Waals surface area contributed by atoms with E-state index in [4.69, 9.17) is 10.5 Å². The van der Waals surface area contributed by atoms with Crippen LogP contribution in [0.5, 0.6) is 5.75 Å². The van der Waals surface area contributed by atoms with E-state index in [1.807, 2.05) is 6.07 Å². The largest absolute Gasteiger partial charge is 0.496 e. The molecule has 0 radical (unpaired) electrons. The number of ether oxygens (including phenoxy) is 1. The molecule has 0 bridgehead atoms. The smallest absolute Gasteiger partial charge is 0.133 e. The van der Waals surface area contributed by atoms with Crippen LogP contribution in [0.4, 0.5) is 0 Å². The Morgan fingerprint density at radius 2 is 2.06 bits per heavy atom. The molecule has 102 valence electrons. The fourth-order valence-corrected chi connectivity index (χ4v) is 2.57. The lowest BCUT2D eigenvalue weighted by molar-refractivity contribution is 0.255. The quantitative estimate of drug-likeness (QED) is 0.877. The number of rotatable bonds is 6. The van der Waals surface area contributed by atoms with Gasteiger partial charge in [-0.25, -0.2) is 0 Å². The molecule has 2 N–H and O–H groups in total. The first-order chi connectivity index (χ1) is 8.49. The van der Waals surface area contributed by atoms with Crippen LogP contribution in [0, 0.1) is 5.92 Å². The molecule has 0 saturated heterocycles. The maximum absolute atomic E-state index is 5.73. The van der Waals surface area contributed by atoms with Crippen molar-refractivity contribution in [3.8, 4) is 5.75 Å². The van der Waals surface area contributed by atoms with Crippen LogP contribution < -0.4 is 10.5 Å². The van der Waals surface area contributed by atoms with Gasteiger partial charge in [-0.05, 0) is 66.6 Å². The van der Waals surface area contributed by atoms with Gasteiger partial charge in [-0.2, -0.15) is 0 Å². The summed E-state index contributed by atoms with van der Waals surface area (Å²) in [5, 5.41) is 0. The van der Waals surface area contributed by atoms with E-state index in [1.165, 1.54) is 5.56 Å². The van der Waals surface area contributed by atoms with Gasteiger partial charge in [-0.15, -0.1) is 0 Å². The molecule has 0 aromatic heterocycles. The monoisotopic (exact) mass is 314 g/mol. The first-order valence-corrected chi connectivity index (χ1v) is 6.98. The van der Waals surface area contributed by atoms with Crippen molar-refractivity contribution in [3.63, 3.8) is 0 Å². The van der Waals surface area contributed by atoms with Crippen LogP contribution in [-0.2, 0) is 0 Å². The highest BCUT2D eigenvalue weighted by atomic mass is 79.9. The third kappa shape index (κ3) is 3.97. The number of halogens is 1. The minimum absolute atomic E-state index is 0.380. The van der Waals surface area contributed by atoms with Gasteiger partial charge >= 0.3 is 0 Å². The van der Waals surface area contributed by atoms with Crippen molar-refractivity contribution in [2.45, 2.75) is 19.4 Å². The molecule has 0 heterocycles. The summed E-state index contributed by atoms with van der Waals surface area (Å²) in [6, 6.07) is 6.64. The zero-order valence-corrected chi connectivity index (χ0v) is 13.2. The van der Waals surface area contributed by atoms with Gasteiger partial charge in [0.2, 0.25) is 0 Å². The standard InChI is InChI=1S/C14H23BrN2O/c1-10(9-16)7-13(17(2)3)11-5-6-14(18-4)12(15)8-11/h5-6,8,10,13H,7,9,16H2,1-4H3. The minimum Gasteiger partial charge on any atom is -0.496 e. The van der Waals surface area contributed by atoms with Gasteiger partial charge in [0.15, 0.2) is 0 Å². The zero-order chi connectivity index (χ0) is 13.7. The number of hydrogen-bond acceptors (Lipinski definition) is 3. The van der Waals surface area contributed by atoms with Crippen LogP contribution in [-0.4, -0.2) is 32.6 Å². The average molecular weight is 315 g/mol. The van der Waals surface area contributed by atoms with Crippen molar-refractivity contribution in [2.75, 3.05) is 27.7 Å². The zero-order valence-electron chi connectivity index (χ0n) is 11.6. The molecule has 1 aromatic rings. The molecule has 2 unspecified atom stereocenters. The maximum atomic E-state index is 5.73. The fourth-order valence-electron chi connectivity index (χ4n) is 2.01. The Labute approximate surface area is 118 Å². The van der Waals surface area contributed by atoms with Crippen LogP contribution in [0.15, 0.2) is 22.7 Å². The highest BCUT2D eigenvalue weighted by Crippen LogP contribution is 2.32. The first kappa shape index (κ1) is 15.5. The van der Waals surface area contributed by atoms with E-state index < -0.39 is 0 Å². The molecular weight excluding hydrogens is 292 g/mol. The number of methoxy groups -OCH3 is 1. The van der Waals surface area contributed by atoms with Crippen molar-refractivity contribution in [1.29, 1.82) is 0 Å². The molecule has 0 fully saturated rings. The van der Waals surface area contributed by atoms with Crippen molar-refractivity contribution < 1.29 is 4.74 Å². The van der Waals surface area contributed by atoms with Crippen LogP contribution in [0.3, 0.4) is 0 Å². The molecule has 0 aliphatic rings. The Balaban J connectivity index is 2.95. The highest BCUT2D eigenvalue weighted by molar-refractivity contribution is 9.10. The SMILES string of the molecule is COc1ccc(C(CC(C)CN)N(C)C)cc1Br. The van der Waals surface area contributed by atoms with Crippen molar-refractivity contribution in [3.05, 3.63) is 28.2 Å². The van der Waals surface area contributed by atoms with Gasteiger partial charge in [0, 0.05) is 6.04 Å². The van der Waals surface area contributed by atoms with Gasteiger partial charge in [-0.1, -0.05) is 13.0 Å². The second-order valence-corrected chi connectivity index (χ2v) is 5.80. The van der Waals surface area contributed by atoms with E-state index in [0.29, 0.717) is 12.0 Å². The van der Waals surface area contributed by atoms with E-state index in [-0.39, 0.29) is 0 Å². The summed E-state index contributed by atoms with van der Waals surface area (Å²) in [5.41, 5.74) is 7.01. The summed E-state index contributed by atoms with van der Waals surface area (Å²) < 4.78 is 6.26. The molecule has 0 spiro atoms. The third-order valence-corrected chi connectivity index (χ3v) is 3.83. The molecule has 1 aromatic carbocycles. The van der Waals surface area contributed by atoms with Crippen LogP contribution in [0.25, 0.3) is 0 Å². The van der Waals surface area contributed by atoms with Crippen molar-refractivity contribution in [2.24, 2.45) is 11.7 Å². The molecule has 0 saturated carbocycles. The molecule has 0 aliphatic carbocycles. The Hall–Kier alpha value is -0.580. The van der Waals surface area contributed by atoms with E-state index in [1.54, 1.807) is 7.11 Å². The Kier molecular flexibility index (Phi) is 6.12. The molecule has 4 heteroatoms. The maximum Gasteiger partial charge on any atom is 0.133 e. The Bertz CT molecular complexity index is 382. The average Bonchev–Trinajstić information content (AvgIpc) is 2.35. The number of benzene rings is 1. The van der Waals surface area contributed by atoms with Gasteiger partial charge in [-0.3, -0.25) is 0 Å². The summed E-state index contributed by atoms with van der Waals surface area (Å²) in [6.45, 7) is 2.91. The van der Waals surface area contributed by atoms with Gasteiger partial charge < -0.3 is 15.4 Å². The van der Waals surface area contributed by atoms with Gasteiger partial charge in [0.25, 0.3) is 0 Å². The summed E-state index contributed by atoms with van der Waals surface area (Å²) >= 11 is 3.54. The number of nitrogens with two attached hydrogens (primary N) is 1. The normalized spacial score (nSPS) is 14.6. The summed E-state index contributed by atoms with van der Waals surface area (Å²) in [4.78, 5) is 2.24. The van der Waals surface area contributed by atoms with E-state index in [9.17, 15) is 0 Å². The van der Waals surface area contributed by atoms with Gasteiger partial charge in [0.05, 0.1) is 11.6 Å². The lowest BCUT2D eigenvalue weighted by atomic mass is 9.95. The van der Waals surface area contributed by atoms with Crippen molar-refractivity contribution in [1.82, 2.24) is 4.90 Å². The molecule has 1 rings (SSSR count). The fraction of sp³-hybridized carbons (Fsp3) is 0.571. The topological polar surface area (TPSA) is 38.5 Å². The molecule has 3 nitrogen and oxygen atoms in total. The molecule has 0 aliphatic heterocycles. The van der Waals surface area contributed by atoms with Crippen LogP contribution >= 0.6 is 15.9 Å². The number of nitrogens with zero attached hydrogens (tertiary/aromatic N) is 1. The summed E-state index contributed by atoms with van der Waals surface area (Å²) in [5.74, 6) is 1.38. The van der Waals surface area contributed by atoms with E-state index in [0.717, 1.165) is 23.2 Å². The van der Waals surface area contributed by atoms with E-state index >= 15 is 0 Å². The van der Waals surface area contributed by atoms with E-state index in [2.05, 4.69) is 54.0 Å². The lowest BCUT2D eigenvalue weighted by Crippen LogP contribution is -2.24. The molecule has 0 amide bonds. The highest BCUT2D eigenvalue weighted by Gasteiger charge is 2.18. The minimum atomic E-state index is 0.380. The second-order valence-electron chi connectivity index (χ2n) is 4.95. The summed E-state index contributed by atoms with van der Waals surface area (Å²) in [7, 11) is 5.89. The third-order valence-electron chi connectivity index (χ3n) is 3.21. The van der Waals surface area contributed by atoms with Crippen LogP contribution in [0.2, 0.25) is 0 Å². The van der Waals surface area contributed by atoms with Gasteiger partial charge in [0.1, 0.15) is 5.75 Å². The Morgan fingerprint density at radius 3 is 2.50 bits per heavy atom. The molecule has 2 atom stereocenters. The molecular formula is C14H23BrN2O. The number of hydrogen-bond donors (Lipinski definition) is 1. The molecule has 18 heavy (non-hydrogen) atoms. The van der Waals surface area contributed by atoms with Crippen molar-refractivity contribution >= 4 is 15.9 Å². The first-order valence-electron chi connectivity index (χ1n) is 6.19. The van der Waals surface area contributed by atoms with Crippen LogP contribution in [0.1, 0.15) is 24.9 Å². The Morgan fingerprint density at radius 1 is 1.39 bits per heavy atom. The predicted molar refractivity (Wildman–Crippen MR) is 80.0 cm³/mol. The summed E-state index contributed by atoms with van der Waals surface area (Å²) in [6.07, 6.45) is 1.06. The predicted octanol–water partition coefficient (Wildman–Crippen LogP) is 3.05.